The molecule has 3 aromatic rings. The molecule has 0 amide bonds. The topological polar surface area (TPSA) is 53.1 Å². The zero-order chi connectivity index (χ0) is 15.5. The van der Waals surface area contributed by atoms with Crippen LogP contribution in [0.3, 0.4) is 0 Å². The lowest BCUT2D eigenvalue weighted by Crippen LogP contribution is -2.03. The largest absolute Gasteiger partial charge is 0.497 e. The number of ether oxygens (including phenoxy) is 1. The van der Waals surface area contributed by atoms with Gasteiger partial charge in [0, 0.05) is 24.7 Å². The molecule has 0 spiro atoms. The molecule has 0 fully saturated rings. The fourth-order valence-electron chi connectivity index (χ4n) is 2.57. The molecule has 3 rings (SSSR count). The molecule has 22 heavy (non-hydrogen) atoms. The predicted molar refractivity (Wildman–Crippen MR) is 90.1 cm³/mol. The van der Waals surface area contributed by atoms with Crippen LogP contribution in [0.5, 0.6) is 5.75 Å². The van der Waals surface area contributed by atoms with Gasteiger partial charge in [-0.15, -0.1) is 6.58 Å². The minimum absolute atomic E-state index is 0.729. The first-order valence-corrected chi connectivity index (χ1v) is 7.19. The van der Waals surface area contributed by atoms with E-state index in [0.717, 1.165) is 41.3 Å². The number of nitrogens with zero attached hydrogens (tertiary/aromatic N) is 2. The number of hydrogen-bond donors (Lipinski definition) is 1. The third-order valence-corrected chi connectivity index (χ3v) is 3.69. The summed E-state index contributed by atoms with van der Waals surface area (Å²) >= 11 is 0. The molecule has 0 radical (unpaired) electrons. The second kappa shape index (κ2) is 5.93. The highest BCUT2D eigenvalue weighted by Crippen LogP contribution is 2.23. The summed E-state index contributed by atoms with van der Waals surface area (Å²) in [5.74, 6) is 1.82. The molecule has 2 aromatic carbocycles. The normalized spacial score (nSPS) is 10.8. The Morgan fingerprint density at radius 1 is 1.23 bits per heavy atom. The smallest absolute Gasteiger partial charge is 0.121 e. The van der Waals surface area contributed by atoms with E-state index < -0.39 is 0 Å². The van der Waals surface area contributed by atoms with Crippen LogP contribution in [0, 0.1) is 0 Å². The van der Waals surface area contributed by atoms with E-state index in [2.05, 4.69) is 11.1 Å². The van der Waals surface area contributed by atoms with Crippen LogP contribution in [-0.2, 0) is 13.0 Å². The fourth-order valence-corrected chi connectivity index (χ4v) is 2.57. The standard InChI is InChI=1S/C18H19N3O/c1-3-10-21-17-9-8-15(22-2)12-16(17)20-18(21)11-13-4-6-14(19)7-5-13/h3-9,12H,1,10-11,19H2,2H3. The van der Waals surface area contributed by atoms with E-state index >= 15 is 0 Å². The van der Waals surface area contributed by atoms with Crippen LogP contribution >= 0.6 is 0 Å². The zero-order valence-corrected chi connectivity index (χ0v) is 12.6. The number of imidazole rings is 1. The molecular weight excluding hydrogens is 274 g/mol. The van der Waals surface area contributed by atoms with Crippen molar-refractivity contribution in [1.82, 2.24) is 9.55 Å². The van der Waals surface area contributed by atoms with E-state index in [0.29, 0.717) is 0 Å². The van der Waals surface area contributed by atoms with E-state index in [4.69, 9.17) is 15.5 Å². The molecule has 1 aromatic heterocycles. The summed E-state index contributed by atoms with van der Waals surface area (Å²) in [6.45, 7) is 4.58. The van der Waals surface area contributed by atoms with Gasteiger partial charge < -0.3 is 15.0 Å². The summed E-state index contributed by atoms with van der Waals surface area (Å²) in [4.78, 5) is 4.76. The van der Waals surface area contributed by atoms with Crippen LogP contribution in [0.2, 0.25) is 0 Å². The van der Waals surface area contributed by atoms with Gasteiger partial charge in [0.1, 0.15) is 11.6 Å². The average molecular weight is 293 g/mol. The van der Waals surface area contributed by atoms with Crippen molar-refractivity contribution < 1.29 is 4.74 Å². The maximum absolute atomic E-state index is 5.74. The van der Waals surface area contributed by atoms with Crippen molar-refractivity contribution in [2.24, 2.45) is 0 Å². The van der Waals surface area contributed by atoms with Crippen molar-refractivity contribution in [2.75, 3.05) is 12.8 Å². The Bertz CT molecular complexity index is 803. The van der Waals surface area contributed by atoms with E-state index in [-0.39, 0.29) is 0 Å². The number of aromatic nitrogens is 2. The highest BCUT2D eigenvalue weighted by Gasteiger charge is 2.11. The maximum Gasteiger partial charge on any atom is 0.121 e. The molecule has 0 aliphatic heterocycles. The highest BCUT2D eigenvalue weighted by molar-refractivity contribution is 5.78. The molecule has 0 saturated heterocycles. The number of methoxy groups -OCH3 is 1. The molecule has 2 N–H and O–H groups in total. The van der Waals surface area contributed by atoms with Crippen LogP contribution < -0.4 is 10.5 Å². The number of hydrogen-bond acceptors (Lipinski definition) is 3. The highest BCUT2D eigenvalue weighted by atomic mass is 16.5. The summed E-state index contributed by atoms with van der Waals surface area (Å²) in [5, 5.41) is 0. The Hall–Kier alpha value is -2.75. The molecule has 1 heterocycles. The van der Waals surface area contributed by atoms with Crippen molar-refractivity contribution >= 4 is 16.7 Å². The number of nitrogens with two attached hydrogens (primary N) is 1. The number of benzene rings is 2. The quantitative estimate of drug-likeness (QED) is 0.579. The maximum atomic E-state index is 5.74. The first kappa shape index (κ1) is 14.2. The van der Waals surface area contributed by atoms with Gasteiger partial charge in [0.15, 0.2) is 0 Å². The number of anilines is 1. The van der Waals surface area contributed by atoms with Crippen molar-refractivity contribution in [3.63, 3.8) is 0 Å². The first-order chi connectivity index (χ1) is 10.7. The van der Waals surface area contributed by atoms with Crippen molar-refractivity contribution in [3.05, 3.63) is 66.5 Å². The Morgan fingerprint density at radius 2 is 2.00 bits per heavy atom. The number of rotatable bonds is 5. The molecule has 112 valence electrons. The predicted octanol–water partition coefficient (Wildman–Crippen LogP) is 3.40. The van der Waals surface area contributed by atoms with Gasteiger partial charge in [0.25, 0.3) is 0 Å². The van der Waals surface area contributed by atoms with Crippen LogP contribution in [-0.4, -0.2) is 16.7 Å². The second-order valence-corrected chi connectivity index (χ2v) is 5.20. The minimum atomic E-state index is 0.729. The molecule has 0 unspecified atom stereocenters. The van der Waals surface area contributed by atoms with E-state index in [1.54, 1.807) is 7.11 Å². The zero-order valence-electron chi connectivity index (χ0n) is 12.6. The van der Waals surface area contributed by atoms with Crippen LogP contribution in [0.15, 0.2) is 55.1 Å². The van der Waals surface area contributed by atoms with Gasteiger partial charge in [-0.2, -0.15) is 0 Å². The van der Waals surface area contributed by atoms with Crippen molar-refractivity contribution in [1.29, 1.82) is 0 Å². The summed E-state index contributed by atoms with van der Waals surface area (Å²) in [5.41, 5.74) is 9.72. The molecule has 0 atom stereocenters. The van der Waals surface area contributed by atoms with E-state index in [1.165, 1.54) is 5.56 Å². The van der Waals surface area contributed by atoms with Gasteiger partial charge in [-0.3, -0.25) is 0 Å². The lowest BCUT2D eigenvalue weighted by atomic mass is 10.1. The fraction of sp³-hybridized carbons (Fsp3) is 0.167. The number of allylic oxidation sites excluding steroid dienone is 1. The van der Waals surface area contributed by atoms with Gasteiger partial charge in [0.05, 0.1) is 18.1 Å². The summed E-state index contributed by atoms with van der Waals surface area (Å²) in [7, 11) is 1.66. The SMILES string of the molecule is C=CCn1c(Cc2ccc(N)cc2)nc2cc(OC)ccc21. The molecule has 0 saturated carbocycles. The van der Waals surface area contributed by atoms with Gasteiger partial charge in [-0.25, -0.2) is 4.98 Å². The number of fused-ring (bicyclic) bond motifs is 1. The third-order valence-electron chi connectivity index (χ3n) is 3.69. The Morgan fingerprint density at radius 3 is 2.68 bits per heavy atom. The lowest BCUT2D eigenvalue weighted by molar-refractivity contribution is 0.415. The second-order valence-electron chi connectivity index (χ2n) is 5.20. The van der Waals surface area contributed by atoms with Crippen molar-refractivity contribution in [3.8, 4) is 5.75 Å². The Kier molecular flexibility index (Phi) is 3.83. The van der Waals surface area contributed by atoms with Gasteiger partial charge >= 0.3 is 0 Å². The first-order valence-electron chi connectivity index (χ1n) is 7.19. The summed E-state index contributed by atoms with van der Waals surface area (Å²) < 4.78 is 7.46. The Balaban J connectivity index is 2.04. The third kappa shape index (κ3) is 2.68. The van der Waals surface area contributed by atoms with Gasteiger partial charge in [-0.05, 0) is 29.8 Å². The van der Waals surface area contributed by atoms with Gasteiger partial charge in [-0.1, -0.05) is 18.2 Å². The molecule has 4 nitrogen and oxygen atoms in total. The molecule has 0 aliphatic carbocycles. The molecule has 4 heteroatoms. The monoisotopic (exact) mass is 293 g/mol. The molecule has 0 bridgehead atoms. The van der Waals surface area contributed by atoms with Crippen molar-refractivity contribution in [2.45, 2.75) is 13.0 Å². The summed E-state index contributed by atoms with van der Waals surface area (Å²) in [6, 6.07) is 13.9. The average Bonchev–Trinajstić information content (AvgIpc) is 2.87. The lowest BCUT2D eigenvalue weighted by Gasteiger charge is -2.07. The van der Waals surface area contributed by atoms with E-state index in [9.17, 15) is 0 Å². The van der Waals surface area contributed by atoms with E-state index in [1.807, 2.05) is 48.5 Å². The molecular formula is C18H19N3O. The number of nitrogen functional groups attached to an aromatic ring is 1. The Labute approximate surface area is 129 Å². The summed E-state index contributed by atoms with van der Waals surface area (Å²) in [6.07, 6.45) is 2.64. The van der Waals surface area contributed by atoms with Gasteiger partial charge in [0.2, 0.25) is 0 Å². The van der Waals surface area contributed by atoms with Crippen LogP contribution in [0.25, 0.3) is 11.0 Å². The molecule has 0 aliphatic rings. The van der Waals surface area contributed by atoms with Crippen LogP contribution in [0.4, 0.5) is 5.69 Å². The van der Waals surface area contributed by atoms with Crippen LogP contribution in [0.1, 0.15) is 11.4 Å². The minimum Gasteiger partial charge on any atom is -0.497 e.